The summed E-state index contributed by atoms with van der Waals surface area (Å²) in [5.41, 5.74) is 0. The molecule has 2 aliphatic carbocycles. The maximum Gasteiger partial charge on any atom is 0.245 e. The Bertz CT molecular complexity index is 380. The summed E-state index contributed by atoms with van der Waals surface area (Å²) >= 11 is 0. The Morgan fingerprint density at radius 2 is 2.00 bits per heavy atom. The topological polar surface area (TPSA) is 70.7 Å². The molecule has 1 atom stereocenters. The van der Waals surface area contributed by atoms with Crippen molar-refractivity contribution < 1.29 is 14.3 Å². The fourth-order valence-electron chi connectivity index (χ4n) is 2.45. The zero-order valence-electron chi connectivity index (χ0n) is 11.8. The lowest BCUT2D eigenvalue weighted by molar-refractivity contribution is -0.147. The fraction of sp³-hybridized carbons (Fsp3) is 0.857. The first-order valence-corrected chi connectivity index (χ1v) is 7.62. The molecule has 6 heteroatoms. The van der Waals surface area contributed by atoms with Gasteiger partial charge in [0.1, 0.15) is 6.04 Å². The van der Waals surface area contributed by atoms with E-state index < -0.39 is 6.04 Å². The molecule has 0 spiro atoms. The first-order chi connectivity index (χ1) is 9.74. The maximum atomic E-state index is 12.2. The number of amides is 2. The van der Waals surface area contributed by atoms with Gasteiger partial charge in [-0.05, 0) is 38.1 Å². The van der Waals surface area contributed by atoms with Crippen molar-refractivity contribution in [3.8, 4) is 0 Å². The van der Waals surface area contributed by atoms with Gasteiger partial charge in [0.05, 0.1) is 19.8 Å². The van der Waals surface area contributed by atoms with E-state index in [1.165, 1.54) is 12.8 Å². The van der Waals surface area contributed by atoms with Crippen LogP contribution in [0.1, 0.15) is 25.7 Å². The largest absolute Gasteiger partial charge is 0.377 e. The molecule has 2 saturated carbocycles. The minimum absolute atomic E-state index is 0.00453. The van der Waals surface area contributed by atoms with Crippen LogP contribution >= 0.6 is 0 Å². The third-order valence-corrected chi connectivity index (χ3v) is 4.08. The molecule has 0 aromatic rings. The smallest absolute Gasteiger partial charge is 0.245 e. The van der Waals surface area contributed by atoms with E-state index in [1.807, 2.05) is 0 Å². The predicted octanol–water partition coefficient (Wildman–Crippen LogP) is -0.508. The summed E-state index contributed by atoms with van der Waals surface area (Å²) in [7, 11) is 0. The van der Waals surface area contributed by atoms with E-state index in [9.17, 15) is 9.59 Å². The highest BCUT2D eigenvalue weighted by Gasteiger charge is 2.35. The fourth-order valence-corrected chi connectivity index (χ4v) is 2.45. The van der Waals surface area contributed by atoms with E-state index in [1.54, 1.807) is 4.90 Å². The minimum Gasteiger partial charge on any atom is -0.377 e. The third kappa shape index (κ3) is 3.70. The number of ether oxygens (including phenoxy) is 1. The van der Waals surface area contributed by atoms with Gasteiger partial charge < -0.3 is 20.3 Å². The van der Waals surface area contributed by atoms with Crippen LogP contribution in [0.15, 0.2) is 0 Å². The van der Waals surface area contributed by atoms with Crippen molar-refractivity contribution in [3.63, 3.8) is 0 Å². The van der Waals surface area contributed by atoms with E-state index in [2.05, 4.69) is 10.6 Å². The van der Waals surface area contributed by atoms with Crippen LogP contribution in [0.2, 0.25) is 0 Å². The zero-order chi connectivity index (χ0) is 13.9. The average molecular weight is 281 g/mol. The molecule has 6 nitrogen and oxygen atoms in total. The number of carbonyl (C=O) groups excluding carboxylic acids is 2. The Kier molecular flexibility index (Phi) is 4.21. The molecule has 3 aliphatic rings. The summed E-state index contributed by atoms with van der Waals surface area (Å²) in [6.45, 7) is 2.57. The van der Waals surface area contributed by atoms with Crippen LogP contribution in [0.4, 0.5) is 0 Å². The molecule has 3 rings (SSSR count). The van der Waals surface area contributed by atoms with Gasteiger partial charge in [-0.2, -0.15) is 0 Å². The monoisotopic (exact) mass is 281 g/mol. The van der Waals surface area contributed by atoms with Crippen molar-refractivity contribution in [3.05, 3.63) is 0 Å². The van der Waals surface area contributed by atoms with Crippen LogP contribution in [0.25, 0.3) is 0 Å². The van der Waals surface area contributed by atoms with Crippen molar-refractivity contribution in [1.29, 1.82) is 0 Å². The highest BCUT2D eigenvalue weighted by molar-refractivity contribution is 5.89. The van der Waals surface area contributed by atoms with Crippen LogP contribution in [-0.2, 0) is 14.3 Å². The summed E-state index contributed by atoms with van der Waals surface area (Å²) in [6, 6.07) is -0.144. The molecule has 0 aromatic carbocycles. The van der Waals surface area contributed by atoms with Gasteiger partial charge in [0.15, 0.2) is 0 Å². The number of nitrogens with one attached hydrogen (secondary N) is 2. The second kappa shape index (κ2) is 6.10. The lowest BCUT2D eigenvalue weighted by atomic mass is 10.2. The maximum absolute atomic E-state index is 12.2. The molecular weight excluding hydrogens is 258 g/mol. The number of hydrogen-bond acceptors (Lipinski definition) is 4. The highest BCUT2D eigenvalue weighted by Crippen LogP contribution is 2.27. The molecule has 1 heterocycles. The standard InChI is InChI=1S/C14H23N3O3/c18-13(8-15-7-10-1-2-10)17-5-6-20-9-12(17)14(19)16-11-3-4-11/h10-12,15H,1-9H2,(H,16,19). The molecule has 112 valence electrons. The van der Waals surface area contributed by atoms with E-state index in [0.29, 0.717) is 32.3 Å². The highest BCUT2D eigenvalue weighted by atomic mass is 16.5. The van der Waals surface area contributed by atoms with Crippen LogP contribution in [0.3, 0.4) is 0 Å². The quantitative estimate of drug-likeness (QED) is 0.688. The second-order valence-electron chi connectivity index (χ2n) is 6.03. The summed E-state index contributed by atoms with van der Waals surface area (Å²) in [4.78, 5) is 26.1. The van der Waals surface area contributed by atoms with Crippen molar-refractivity contribution in [2.75, 3.05) is 32.8 Å². The van der Waals surface area contributed by atoms with Crippen molar-refractivity contribution in [1.82, 2.24) is 15.5 Å². The minimum atomic E-state index is -0.459. The lowest BCUT2D eigenvalue weighted by Crippen LogP contribution is -2.57. The molecule has 3 fully saturated rings. The van der Waals surface area contributed by atoms with E-state index in [4.69, 9.17) is 4.74 Å². The van der Waals surface area contributed by atoms with Gasteiger partial charge in [-0.3, -0.25) is 9.59 Å². The molecule has 1 aliphatic heterocycles. The van der Waals surface area contributed by atoms with E-state index >= 15 is 0 Å². The summed E-state index contributed by atoms with van der Waals surface area (Å²) in [5, 5.41) is 6.15. The molecule has 1 saturated heterocycles. The van der Waals surface area contributed by atoms with Gasteiger partial charge in [-0.1, -0.05) is 0 Å². The Labute approximate surface area is 119 Å². The van der Waals surface area contributed by atoms with Crippen LogP contribution < -0.4 is 10.6 Å². The molecule has 20 heavy (non-hydrogen) atoms. The normalized spacial score (nSPS) is 26.4. The number of carbonyl (C=O) groups is 2. The Morgan fingerprint density at radius 1 is 1.20 bits per heavy atom. The first kappa shape index (κ1) is 13.8. The summed E-state index contributed by atoms with van der Waals surface area (Å²) < 4.78 is 5.36. The van der Waals surface area contributed by atoms with E-state index in [0.717, 1.165) is 25.3 Å². The molecule has 0 bridgehead atoms. The third-order valence-electron chi connectivity index (χ3n) is 4.08. The summed E-state index contributed by atoms with van der Waals surface area (Å²) in [5.74, 6) is 0.689. The van der Waals surface area contributed by atoms with Gasteiger partial charge in [0.25, 0.3) is 0 Å². The van der Waals surface area contributed by atoms with Crippen LogP contribution in [0.5, 0.6) is 0 Å². The lowest BCUT2D eigenvalue weighted by Gasteiger charge is -2.34. The van der Waals surface area contributed by atoms with Crippen molar-refractivity contribution >= 4 is 11.8 Å². The van der Waals surface area contributed by atoms with Gasteiger partial charge in [0.2, 0.25) is 11.8 Å². The second-order valence-corrected chi connectivity index (χ2v) is 6.03. The van der Waals surface area contributed by atoms with Crippen molar-refractivity contribution in [2.24, 2.45) is 5.92 Å². The molecule has 2 amide bonds. The zero-order valence-corrected chi connectivity index (χ0v) is 11.8. The summed E-state index contributed by atoms with van der Waals surface area (Å²) in [6.07, 6.45) is 4.64. The molecule has 0 radical (unpaired) electrons. The SMILES string of the molecule is O=C(NC1CC1)C1COCCN1C(=O)CNCC1CC1. The number of nitrogens with zero attached hydrogens (tertiary/aromatic N) is 1. The van der Waals surface area contributed by atoms with Crippen molar-refractivity contribution in [2.45, 2.75) is 37.8 Å². The number of rotatable bonds is 6. The van der Waals surface area contributed by atoms with Gasteiger partial charge in [-0.15, -0.1) is 0 Å². The number of hydrogen-bond donors (Lipinski definition) is 2. The average Bonchev–Trinajstić information content (AvgIpc) is 3.33. The Hall–Kier alpha value is -1.14. The molecule has 0 aromatic heterocycles. The Morgan fingerprint density at radius 3 is 2.70 bits per heavy atom. The molecule has 1 unspecified atom stereocenters. The predicted molar refractivity (Wildman–Crippen MR) is 73.1 cm³/mol. The Balaban J connectivity index is 1.49. The van der Waals surface area contributed by atoms with E-state index in [-0.39, 0.29) is 11.8 Å². The first-order valence-electron chi connectivity index (χ1n) is 7.62. The van der Waals surface area contributed by atoms with Gasteiger partial charge >= 0.3 is 0 Å². The molecular formula is C14H23N3O3. The van der Waals surface area contributed by atoms with Gasteiger partial charge in [-0.25, -0.2) is 0 Å². The molecule has 2 N–H and O–H groups in total. The van der Waals surface area contributed by atoms with Crippen LogP contribution in [0, 0.1) is 5.92 Å². The van der Waals surface area contributed by atoms with Crippen LogP contribution in [-0.4, -0.2) is 61.6 Å². The number of morpholine rings is 1. The van der Waals surface area contributed by atoms with Gasteiger partial charge in [0, 0.05) is 12.6 Å².